The molecule has 0 radical (unpaired) electrons. The zero-order valence-electron chi connectivity index (χ0n) is 10.3. The van der Waals surface area contributed by atoms with Gasteiger partial charge in [-0.2, -0.15) is 0 Å². The van der Waals surface area contributed by atoms with E-state index in [1.807, 2.05) is 30.3 Å². The molecule has 19 heavy (non-hydrogen) atoms. The number of ether oxygens (including phenoxy) is 1. The van der Waals surface area contributed by atoms with E-state index in [9.17, 15) is 4.79 Å². The molecule has 2 rings (SSSR count). The second-order valence-corrected chi connectivity index (χ2v) is 4.15. The molecule has 1 aromatic heterocycles. The topological polar surface area (TPSA) is 57.0 Å². The summed E-state index contributed by atoms with van der Waals surface area (Å²) in [5.41, 5.74) is 1.99. The van der Waals surface area contributed by atoms with Crippen LogP contribution in [0.3, 0.4) is 0 Å². The zero-order valence-corrected chi connectivity index (χ0v) is 11.9. The van der Waals surface area contributed by atoms with E-state index in [4.69, 9.17) is 4.74 Å². The molecule has 2 aromatic rings. The minimum atomic E-state index is -0.470. The monoisotopic (exact) mass is 321 g/mol. The first-order chi connectivity index (χ1) is 9.26. The second kappa shape index (κ2) is 6.29. The van der Waals surface area contributed by atoms with Gasteiger partial charge < -0.3 is 4.74 Å². The first-order valence-electron chi connectivity index (χ1n) is 5.72. The van der Waals surface area contributed by atoms with Crippen molar-refractivity contribution < 1.29 is 9.53 Å². The molecule has 6 heteroatoms. The van der Waals surface area contributed by atoms with E-state index in [0.717, 1.165) is 11.3 Å². The molecule has 1 aromatic carbocycles. The second-order valence-electron chi connectivity index (χ2n) is 3.62. The normalized spacial score (nSPS) is 10.8. The van der Waals surface area contributed by atoms with Gasteiger partial charge in [0.25, 0.3) is 0 Å². The Morgan fingerprint density at radius 3 is 3.00 bits per heavy atom. The van der Waals surface area contributed by atoms with E-state index in [1.165, 1.54) is 0 Å². The molecule has 0 N–H and O–H groups in total. The Balaban J connectivity index is 2.35. The number of para-hydroxylation sites is 1. The van der Waals surface area contributed by atoms with Crippen molar-refractivity contribution in [2.45, 2.75) is 6.92 Å². The zero-order chi connectivity index (χ0) is 13.7. The number of nitrogens with zero attached hydrogens (tertiary/aromatic N) is 3. The first kappa shape index (κ1) is 13.5. The summed E-state index contributed by atoms with van der Waals surface area (Å²) >= 11 is 3.24. The van der Waals surface area contributed by atoms with Crippen molar-refractivity contribution in [2.24, 2.45) is 0 Å². The summed E-state index contributed by atoms with van der Waals surface area (Å²) < 4.78 is 6.43. The molecule has 0 saturated heterocycles. The highest BCUT2D eigenvalue weighted by molar-refractivity contribution is 9.11. The SMILES string of the molecule is CCOC(=O)c1cn(-c2ccccc2/C=C/Br)nn1. The third kappa shape index (κ3) is 3.08. The van der Waals surface area contributed by atoms with Crippen LogP contribution in [0.25, 0.3) is 11.8 Å². The van der Waals surface area contributed by atoms with Crippen molar-refractivity contribution in [3.05, 3.63) is 46.7 Å². The summed E-state index contributed by atoms with van der Waals surface area (Å²) in [6.07, 6.45) is 3.44. The van der Waals surface area contributed by atoms with Gasteiger partial charge in [-0.3, -0.25) is 0 Å². The fraction of sp³-hybridized carbons (Fsp3) is 0.154. The Hall–Kier alpha value is -1.95. The number of rotatable bonds is 4. The molecule has 0 fully saturated rings. The smallest absolute Gasteiger partial charge is 0.360 e. The molecule has 98 valence electrons. The summed E-state index contributed by atoms with van der Waals surface area (Å²) in [5, 5.41) is 7.76. The molecule has 0 aliphatic carbocycles. The third-order valence-corrected chi connectivity index (χ3v) is 2.67. The van der Waals surface area contributed by atoms with Gasteiger partial charge in [-0.05, 0) is 24.1 Å². The highest BCUT2D eigenvalue weighted by Crippen LogP contribution is 2.16. The number of halogens is 1. The Kier molecular flexibility index (Phi) is 4.46. The standard InChI is InChI=1S/C13H12BrN3O2/c1-2-19-13(18)11-9-17(16-15-11)12-6-4-3-5-10(12)7-8-14/h3-9H,2H2,1H3/b8-7+. The predicted octanol–water partition coefficient (Wildman–Crippen LogP) is 2.81. The van der Waals surface area contributed by atoms with Gasteiger partial charge in [0.15, 0.2) is 5.69 Å². The predicted molar refractivity (Wildman–Crippen MR) is 75.3 cm³/mol. The fourth-order valence-electron chi connectivity index (χ4n) is 1.59. The number of carbonyl (C=O) groups is 1. The van der Waals surface area contributed by atoms with E-state index in [2.05, 4.69) is 26.2 Å². The van der Waals surface area contributed by atoms with E-state index in [0.29, 0.717) is 6.61 Å². The Labute approximate surface area is 119 Å². The van der Waals surface area contributed by atoms with E-state index < -0.39 is 5.97 Å². The van der Waals surface area contributed by atoms with Crippen LogP contribution in [-0.2, 0) is 4.74 Å². The number of carbonyl (C=O) groups excluding carboxylic acids is 1. The molecule has 5 nitrogen and oxygen atoms in total. The summed E-state index contributed by atoms with van der Waals surface area (Å²) in [7, 11) is 0. The average Bonchev–Trinajstić information content (AvgIpc) is 2.90. The minimum Gasteiger partial charge on any atom is -0.461 e. The number of aromatic nitrogens is 3. The average molecular weight is 322 g/mol. The van der Waals surface area contributed by atoms with Gasteiger partial charge in [0.2, 0.25) is 0 Å². The van der Waals surface area contributed by atoms with Crippen molar-refractivity contribution in [3.8, 4) is 5.69 Å². The number of hydrogen-bond acceptors (Lipinski definition) is 4. The molecule has 0 atom stereocenters. The van der Waals surface area contributed by atoms with Crippen molar-refractivity contribution in [2.75, 3.05) is 6.61 Å². The van der Waals surface area contributed by atoms with Gasteiger partial charge in [0.05, 0.1) is 18.5 Å². The highest BCUT2D eigenvalue weighted by Gasteiger charge is 2.13. The fourth-order valence-corrected chi connectivity index (χ4v) is 1.87. The maximum absolute atomic E-state index is 11.5. The van der Waals surface area contributed by atoms with E-state index in [1.54, 1.807) is 22.8 Å². The molecule has 0 spiro atoms. The Morgan fingerprint density at radius 2 is 2.26 bits per heavy atom. The lowest BCUT2D eigenvalue weighted by Crippen LogP contribution is -2.04. The molecular weight excluding hydrogens is 310 g/mol. The molecule has 0 unspecified atom stereocenters. The van der Waals surface area contributed by atoms with Crippen LogP contribution in [0.15, 0.2) is 35.4 Å². The summed E-state index contributed by atoms with van der Waals surface area (Å²) in [4.78, 5) is 13.3. The van der Waals surface area contributed by atoms with Crippen LogP contribution < -0.4 is 0 Å². The number of hydrogen-bond donors (Lipinski definition) is 0. The molecular formula is C13H12BrN3O2. The highest BCUT2D eigenvalue weighted by atomic mass is 79.9. The maximum Gasteiger partial charge on any atom is 0.360 e. The van der Waals surface area contributed by atoms with Gasteiger partial charge in [-0.25, -0.2) is 9.48 Å². The first-order valence-corrected chi connectivity index (χ1v) is 6.63. The van der Waals surface area contributed by atoms with Crippen molar-refractivity contribution in [3.63, 3.8) is 0 Å². The lowest BCUT2D eigenvalue weighted by Gasteiger charge is -2.03. The van der Waals surface area contributed by atoms with Crippen molar-refractivity contribution >= 4 is 28.0 Å². The van der Waals surface area contributed by atoms with Gasteiger partial charge in [-0.15, -0.1) is 5.10 Å². The minimum absolute atomic E-state index is 0.194. The number of esters is 1. The lowest BCUT2D eigenvalue weighted by atomic mass is 10.2. The van der Waals surface area contributed by atoms with Gasteiger partial charge in [0.1, 0.15) is 0 Å². The van der Waals surface area contributed by atoms with E-state index in [-0.39, 0.29) is 5.69 Å². The van der Waals surface area contributed by atoms with Crippen LogP contribution in [0, 0.1) is 0 Å². The summed E-state index contributed by atoms with van der Waals surface area (Å²) in [5.74, 6) is -0.470. The lowest BCUT2D eigenvalue weighted by molar-refractivity contribution is 0.0519. The van der Waals surface area contributed by atoms with Crippen molar-refractivity contribution in [1.29, 1.82) is 0 Å². The van der Waals surface area contributed by atoms with Crippen LogP contribution in [0.5, 0.6) is 0 Å². The Bertz CT molecular complexity index is 607. The van der Waals surface area contributed by atoms with Crippen LogP contribution in [0.2, 0.25) is 0 Å². The maximum atomic E-state index is 11.5. The quantitative estimate of drug-likeness (QED) is 0.812. The van der Waals surface area contributed by atoms with Gasteiger partial charge >= 0.3 is 5.97 Å². The summed E-state index contributed by atoms with van der Waals surface area (Å²) in [6.45, 7) is 2.06. The molecule has 0 saturated carbocycles. The van der Waals surface area contributed by atoms with Crippen LogP contribution >= 0.6 is 15.9 Å². The Morgan fingerprint density at radius 1 is 1.47 bits per heavy atom. The molecule has 0 aliphatic heterocycles. The van der Waals surface area contributed by atoms with Crippen LogP contribution in [0.4, 0.5) is 0 Å². The van der Waals surface area contributed by atoms with Crippen LogP contribution in [0.1, 0.15) is 23.0 Å². The summed E-state index contributed by atoms with van der Waals surface area (Å²) in [6, 6.07) is 7.66. The molecule has 0 bridgehead atoms. The van der Waals surface area contributed by atoms with Gasteiger partial charge in [0, 0.05) is 5.56 Å². The van der Waals surface area contributed by atoms with Gasteiger partial charge in [-0.1, -0.05) is 39.3 Å². The van der Waals surface area contributed by atoms with Crippen molar-refractivity contribution in [1.82, 2.24) is 15.0 Å². The van der Waals surface area contributed by atoms with E-state index >= 15 is 0 Å². The largest absolute Gasteiger partial charge is 0.461 e. The third-order valence-electron chi connectivity index (χ3n) is 2.40. The molecule has 0 aliphatic rings. The molecule has 0 amide bonds. The number of benzene rings is 1. The van der Waals surface area contributed by atoms with Crippen LogP contribution in [-0.4, -0.2) is 27.6 Å². The molecule has 1 heterocycles.